The lowest BCUT2D eigenvalue weighted by molar-refractivity contribution is -0.384. The average molecular weight is 372 g/mol. The summed E-state index contributed by atoms with van der Waals surface area (Å²) in [5, 5.41) is 10.9. The number of carbonyl (C=O) groups is 2. The van der Waals surface area contributed by atoms with E-state index < -0.39 is 4.92 Å². The normalized spacial score (nSPS) is 19.1. The zero-order valence-corrected chi connectivity index (χ0v) is 15.8. The molecule has 0 unspecified atom stereocenters. The number of nitro groups is 1. The van der Waals surface area contributed by atoms with Gasteiger partial charge in [-0.2, -0.15) is 0 Å². The number of likely N-dealkylation sites (N-methyl/N-ethyl adjacent to an activating group) is 2. The van der Waals surface area contributed by atoms with Crippen LogP contribution in [-0.4, -0.2) is 71.2 Å². The number of nitro benzene ring substituents is 1. The van der Waals surface area contributed by atoms with Gasteiger partial charge in [-0.05, 0) is 57.6 Å². The number of hydrogen-bond acceptors (Lipinski definition) is 6. The third kappa shape index (κ3) is 3.44. The van der Waals surface area contributed by atoms with Gasteiger partial charge in [-0.1, -0.05) is 0 Å². The van der Waals surface area contributed by atoms with Crippen molar-refractivity contribution in [1.29, 1.82) is 0 Å². The minimum atomic E-state index is -0.482. The molecule has 8 nitrogen and oxygen atoms in total. The van der Waals surface area contributed by atoms with Crippen LogP contribution in [0.3, 0.4) is 0 Å². The molecule has 0 aromatic heterocycles. The lowest BCUT2D eigenvalue weighted by Gasteiger charge is -2.36. The number of amides is 2. The quantitative estimate of drug-likeness (QED) is 0.444. The Balaban J connectivity index is 2.02. The van der Waals surface area contributed by atoms with Gasteiger partial charge in [0.25, 0.3) is 17.5 Å². The number of imide groups is 1. The summed E-state index contributed by atoms with van der Waals surface area (Å²) >= 11 is 0. The van der Waals surface area contributed by atoms with Crippen LogP contribution in [0.5, 0.6) is 0 Å². The van der Waals surface area contributed by atoms with Crippen LogP contribution in [0.15, 0.2) is 30.0 Å². The van der Waals surface area contributed by atoms with Gasteiger partial charge in [0.15, 0.2) is 0 Å². The fraction of sp³-hybridized carbons (Fsp3) is 0.474. The largest absolute Gasteiger partial charge is 0.366 e. The Hall–Kier alpha value is -2.74. The molecule has 1 fully saturated rings. The van der Waals surface area contributed by atoms with Gasteiger partial charge in [-0.15, -0.1) is 0 Å². The first kappa shape index (κ1) is 19.0. The molecule has 0 spiro atoms. The smallest absolute Gasteiger partial charge is 0.277 e. The van der Waals surface area contributed by atoms with E-state index in [2.05, 4.69) is 11.9 Å². The Labute approximate surface area is 158 Å². The first-order chi connectivity index (χ1) is 12.8. The minimum absolute atomic E-state index is 0.0475. The fourth-order valence-corrected chi connectivity index (χ4v) is 3.75. The molecule has 3 rings (SSSR count). The van der Waals surface area contributed by atoms with E-state index in [4.69, 9.17) is 0 Å². The first-order valence-corrected chi connectivity index (χ1v) is 9.11. The van der Waals surface area contributed by atoms with Crippen molar-refractivity contribution in [1.82, 2.24) is 14.7 Å². The molecular formula is C19H24N4O4. The van der Waals surface area contributed by atoms with Gasteiger partial charge < -0.3 is 9.80 Å². The monoisotopic (exact) mass is 372 g/mol. The summed E-state index contributed by atoms with van der Waals surface area (Å²) in [6.45, 7) is 3.93. The molecule has 1 aromatic rings. The van der Waals surface area contributed by atoms with Gasteiger partial charge in [0.1, 0.15) is 5.70 Å². The van der Waals surface area contributed by atoms with Crippen molar-refractivity contribution in [3.8, 4) is 0 Å². The van der Waals surface area contributed by atoms with Gasteiger partial charge in [-0.25, -0.2) is 0 Å². The molecule has 27 heavy (non-hydrogen) atoms. The van der Waals surface area contributed by atoms with Crippen molar-refractivity contribution < 1.29 is 14.5 Å². The molecule has 0 aliphatic carbocycles. The number of piperidine rings is 1. The molecule has 0 saturated carbocycles. The van der Waals surface area contributed by atoms with Crippen LogP contribution < -0.4 is 0 Å². The van der Waals surface area contributed by atoms with Gasteiger partial charge in [0.2, 0.25) is 0 Å². The van der Waals surface area contributed by atoms with Crippen LogP contribution in [0.4, 0.5) is 5.69 Å². The van der Waals surface area contributed by atoms with E-state index in [1.807, 2.05) is 11.9 Å². The van der Waals surface area contributed by atoms with E-state index in [1.54, 1.807) is 19.1 Å². The maximum Gasteiger partial charge on any atom is 0.277 e. The second-order valence-electron chi connectivity index (χ2n) is 7.03. The highest BCUT2D eigenvalue weighted by Crippen LogP contribution is 2.33. The molecule has 2 aliphatic rings. The van der Waals surface area contributed by atoms with Crippen molar-refractivity contribution in [3.05, 3.63) is 45.6 Å². The van der Waals surface area contributed by atoms with Crippen LogP contribution in [0.25, 0.3) is 5.57 Å². The maximum absolute atomic E-state index is 12.9. The second-order valence-corrected chi connectivity index (χ2v) is 7.03. The number of nitrogens with zero attached hydrogens (tertiary/aromatic N) is 4. The van der Waals surface area contributed by atoms with Gasteiger partial charge in [0.05, 0.1) is 10.5 Å². The molecule has 2 aliphatic heterocycles. The molecule has 1 aromatic carbocycles. The van der Waals surface area contributed by atoms with E-state index in [0.717, 1.165) is 25.9 Å². The highest BCUT2D eigenvalue weighted by molar-refractivity contribution is 6.35. The minimum Gasteiger partial charge on any atom is -0.366 e. The zero-order valence-electron chi connectivity index (χ0n) is 15.8. The number of non-ortho nitro benzene ring substituents is 1. The summed E-state index contributed by atoms with van der Waals surface area (Å²) in [6.07, 6.45) is 1.83. The lowest BCUT2D eigenvalue weighted by atomic mass is 10.00. The number of hydrogen-bond donors (Lipinski definition) is 0. The van der Waals surface area contributed by atoms with Crippen molar-refractivity contribution in [2.75, 3.05) is 33.7 Å². The molecule has 0 N–H and O–H groups in total. The van der Waals surface area contributed by atoms with Crippen LogP contribution >= 0.6 is 0 Å². The predicted molar refractivity (Wildman–Crippen MR) is 101 cm³/mol. The summed E-state index contributed by atoms with van der Waals surface area (Å²) in [4.78, 5) is 41.7. The summed E-state index contributed by atoms with van der Waals surface area (Å²) in [5.41, 5.74) is 1.21. The topological polar surface area (TPSA) is 87.0 Å². The molecule has 1 saturated heterocycles. The molecule has 144 valence electrons. The Bertz CT molecular complexity index is 794. The SMILES string of the molecule is CCN1C(=O)C(c2ccc([N+](=O)[O-])cc2)=C(N(C)C2CCN(C)CC2)C1=O. The number of rotatable bonds is 5. The molecule has 2 amide bonds. The Kier molecular flexibility index (Phi) is 5.27. The van der Waals surface area contributed by atoms with Gasteiger partial charge in [0, 0.05) is 31.8 Å². The summed E-state index contributed by atoms with van der Waals surface area (Å²) in [5.74, 6) is -0.636. The highest BCUT2D eigenvalue weighted by Gasteiger charge is 2.41. The van der Waals surface area contributed by atoms with Crippen LogP contribution in [0.1, 0.15) is 25.3 Å². The van der Waals surface area contributed by atoms with Crippen molar-refractivity contribution in [3.63, 3.8) is 0 Å². The predicted octanol–water partition coefficient (Wildman–Crippen LogP) is 1.72. The molecule has 8 heteroatoms. The van der Waals surface area contributed by atoms with Crippen LogP contribution in [0, 0.1) is 10.1 Å². The summed E-state index contributed by atoms with van der Waals surface area (Å²) in [7, 11) is 3.93. The van der Waals surface area contributed by atoms with E-state index in [9.17, 15) is 19.7 Å². The van der Waals surface area contributed by atoms with Crippen molar-refractivity contribution in [2.45, 2.75) is 25.8 Å². The zero-order chi connectivity index (χ0) is 19.7. The van der Waals surface area contributed by atoms with E-state index >= 15 is 0 Å². The van der Waals surface area contributed by atoms with Gasteiger partial charge >= 0.3 is 0 Å². The Morgan fingerprint density at radius 3 is 2.26 bits per heavy atom. The third-order valence-corrected chi connectivity index (χ3v) is 5.42. The number of likely N-dealkylation sites (tertiary alicyclic amines) is 1. The highest BCUT2D eigenvalue weighted by atomic mass is 16.6. The molecular weight excluding hydrogens is 348 g/mol. The van der Waals surface area contributed by atoms with Crippen molar-refractivity contribution in [2.24, 2.45) is 0 Å². The maximum atomic E-state index is 12.9. The van der Waals surface area contributed by atoms with Crippen LogP contribution in [0.2, 0.25) is 0 Å². The second kappa shape index (κ2) is 7.48. The number of carbonyl (C=O) groups excluding carboxylic acids is 2. The molecule has 2 heterocycles. The number of benzene rings is 1. The Morgan fingerprint density at radius 2 is 1.74 bits per heavy atom. The molecule has 0 radical (unpaired) electrons. The third-order valence-electron chi connectivity index (χ3n) is 5.42. The fourth-order valence-electron chi connectivity index (χ4n) is 3.75. The summed E-state index contributed by atoms with van der Waals surface area (Å²) in [6, 6.07) is 5.99. The van der Waals surface area contributed by atoms with E-state index in [1.165, 1.54) is 17.0 Å². The lowest BCUT2D eigenvalue weighted by Crippen LogP contribution is -2.43. The standard InChI is InChI=1S/C19H24N4O4/c1-4-22-18(24)16(13-5-7-15(8-6-13)23(26)27)17(19(22)25)21(3)14-9-11-20(2)12-10-14/h5-8,14H,4,9-12H2,1-3H3. The Morgan fingerprint density at radius 1 is 1.15 bits per heavy atom. The first-order valence-electron chi connectivity index (χ1n) is 9.11. The molecule has 0 atom stereocenters. The van der Waals surface area contributed by atoms with E-state index in [-0.39, 0.29) is 23.5 Å². The van der Waals surface area contributed by atoms with Crippen molar-refractivity contribution >= 4 is 23.1 Å². The average Bonchev–Trinajstić information content (AvgIpc) is 2.91. The van der Waals surface area contributed by atoms with E-state index in [0.29, 0.717) is 23.4 Å². The van der Waals surface area contributed by atoms with Crippen LogP contribution in [-0.2, 0) is 9.59 Å². The van der Waals surface area contributed by atoms with Gasteiger partial charge in [-0.3, -0.25) is 24.6 Å². The summed E-state index contributed by atoms with van der Waals surface area (Å²) < 4.78 is 0. The molecule has 0 bridgehead atoms.